The van der Waals surface area contributed by atoms with Crippen molar-refractivity contribution in [3.05, 3.63) is 66.5 Å². The molecule has 3 rings (SSSR count). The van der Waals surface area contributed by atoms with E-state index in [1.165, 1.54) is 16.6 Å². The van der Waals surface area contributed by atoms with Crippen molar-refractivity contribution in [1.29, 1.82) is 0 Å². The number of benzene rings is 2. The van der Waals surface area contributed by atoms with E-state index in [4.69, 9.17) is 0 Å². The highest BCUT2D eigenvalue weighted by Crippen LogP contribution is 2.12. The Balaban J connectivity index is 0.00000147. The molecular formula is C17H19BrN2. The fraction of sp³-hybridized carbons (Fsp3) is 0.235. The highest BCUT2D eigenvalue weighted by Gasteiger charge is 2.14. The summed E-state index contributed by atoms with van der Waals surface area (Å²) >= 11 is 0. The van der Waals surface area contributed by atoms with Gasteiger partial charge in [-0.25, -0.2) is 9.13 Å². The average molecular weight is 331 g/mol. The third-order valence-corrected chi connectivity index (χ3v) is 3.44. The maximum Gasteiger partial charge on any atom is 0.245 e. The van der Waals surface area contributed by atoms with Gasteiger partial charge in [0.15, 0.2) is 11.0 Å². The second kappa shape index (κ2) is 6.71. The molecule has 0 aliphatic carbocycles. The minimum absolute atomic E-state index is 0. The molecular weight excluding hydrogens is 312 g/mol. The Morgan fingerprint density at radius 2 is 1.65 bits per heavy atom. The summed E-state index contributed by atoms with van der Waals surface area (Å²) in [6.45, 7) is 4.22. The highest BCUT2D eigenvalue weighted by molar-refractivity contribution is 5.71. The number of hydrogen-bond acceptors (Lipinski definition) is 0. The average Bonchev–Trinajstić information content (AvgIpc) is 2.79. The zero-order valence-corrected chi connectivity index (χ0v) is 13.3. The summed E-state index contributed by atoms with van der Waals surface area (Å²) in [5.74, 6) is 0. The van der Waals surface area contributed by atoms with E-state index in [0.717, 1.165) is 19.5 Å². The molecule has 0 spiro atoms. The predicted molar refractivity (Wildman–Crippen MR) is 78.0 cm³/mol. The van der Waals surface area contributed by atoms with E-state index in [1.54, 1.807) is 0 Å². The summed E-state index contributed by atoms with van der Waals surface area (Å²) in [6.07, 6.45) is 3.39. The number of halogens is 1. The van der Waals surface area contributed by atoms with Crippen LogP contribution in [-0.4, -0.2) is 4.57 Å². The van der Waals surface area contributed by atoms with Gasteiger partial charge in [0.1, 0.15) is 6.54 Å². The van der Waals surface area contributed by atoms with E-state index in [-0.39, 0.29) is 17.0 Å². The Kier molecular flexibility index (Phi) is 4.96. The molecule has 2 aromatic carbocycles. The Hall–Kier alpha value is -1.61. The molecule has 0 bridgehead atoms. The molecule has 0 saturated carbocycles. The lowest BCUT2D eigenvalue weighted by Crippen LogP contribution is -3.00. The first-order chi connectivity index (χ1) is 9.38. The molecule has 0 amide bonds. The Morgan fingerprint density at radius 3 is 2.40 bits per heavy atom. The normalized spacial score (nSPS) is 10.4. The van der Waals surface area contributed by atoms with Gasteiger partial charge in [0.25, 0.3) is 0 Å². The Morgan fingerprint density at radius 1 is 0.950 bits per heavy atom. The van der Waals surface area contributed by atoms with Gasteiger partial charge in [0, 0.05) is 0 Å². The molecule has 0 saturated heterocycles. The van der Waals surface area contributed by atoms with Crippen molar-refractivity contribution in [1.82, 2.24) is 4.57 Å². The van der Waals surface area contributed by atoms with E-state index in [2.05, 4.69) is 77.0 Å². The molecule has 0 unspecified atom stereocenters. The van der Waals surface area contributed by atoms with Crippen molar-refractivity contribution in [3.8, 4) is 0 Å². The second-order valence-electron chi connectivity index (χ2n) is 4.91. The SMILES string of the molecule is CCCn1c[n+](Cc2ccccc2)c2ccccc21.[Br-]. The Bertz CT molecular complexity index is 674. The van der Waals surface area contributed by atoms with Gasteiger partial charge in [-0.05, 0) is 24.1 Å². The molecule has 20 heavy (non-hydrogen) atoms. The number of hydrogen-bond donors (Lipinski definition) is 0. The number of imidazole rings is 1. The number of rotatable bonds is 4. The molecule has 0 fully saturated rings. The quantitative estimate of drug-likeness (QED) is 0.612. The van der Waals surface area contributed by atoms with Crippen molar-refractivity contribution >= 4 is 11.0 Å². The van der Waals surface area contributed by atoms with Gasteiger partial charge in [-0.1, -0.05) is 49.4 Å². The predicted octanol–water partition coefficient (Wildman–Crippen LogP) is 0.391. The lowest BCUT2D eigenvalue weighted by atomic mass is 10.2. The van der Waals surface area contributed by atoms with Gasteiger partial charge < -0.3 is 17.0 Å². The molecule has 0 N–H and O–H groups in total. The first kappa shape index (κ1) is 14.8. The van der Waals surface area contributed by atoms with Crippen LogP contribution in [0.3, 0.4) is 0 Å². The van der Waals surface area contributed by atoms with Crippen LogP contribution in [0, 0.1) is 0 Å². The molecule has 104 valence electrons. The molecule has 1 aromatic heterocycles. The maximum absolute atomic E-state index is 2.35. The Labute approximate surface area is 130 Å². The van der Waals surface area contributed by atoms with Crippen LogP contribution in [0.25, 0.3) is 11.0 Å². The smallest absolute Gasteiger partial charge is 0.245 e. The number of nitrogens with zero attached hydrogens (tertiary/aromatic N) is 2. The van der Waals surface area contributed by atoms with Crippen molar-refractivity contribution < 1.29 is 21.5 Å². The van der Waals surface area contributed by atoms with Gasteiger partial charge in [0.2, 0.25) is 6.33 Å². The van der Waals surface area contributed by atoms with Crippen LogP contribution in [-0.2, 0) is 13.1 Å². The molecule has 0 aliphatic rings. The first-order valence-electron chi connectivity index (χ1n) is 6.89. The second-order valence-corrected chi connectivity index (χ2v) is 4.91. The fourth-order valence-electron chi connectivity index (χ4n) is 2.57. The third-order valence-electron chi connectivity index (χ3n) is 3.44. The van der Waals surface area contributed by atoms with Gasteiger partial charge in [-0.3, -0.25) is 0 Å². The fourth-order valence-corrected chi connectivity index (χ4v) is 2.57. The monoisotopic (exact) mass is 330 g/mol. The van der Waals surface area contributed by atoms with Crippen LogP contribution in [0.1, 0.15) is 18.9 Å². The first-order valence-corrected chi connectivity index (χ1v) is 6.89. The summed E-state index contributed by atoms with van der Waals surface area (Å²) < 4.78 is 4.68. The summed E-state index contributed by atoms with van der Waals surface area (Å²) in [6, 6.07) is 19.2. The molecule has 0 atom stereocenters. The number of fused-ring (bicyclic) bond motifs is 1. The molecule has 3 aromatic rings. The molecule has 3 heteroatoms. The number of aromatic nitrogens is 2. The zero-order valence-electron chi connectivity index (χ0n) is 11.7. The minimum Gasteiger partial charge on any atom is -1.00 e. The minimum atomic E-state index is 0. The van der Waals surface area contributed by atoms with Gasteiger partial charge >= 0.3 is 0 Å². The van der Waals surface area contributed by atoms with Crippen molar-refractivity contribution in [3.63, 3.8) is 0 Å². The summed E-state index contributed by atoms with van der Waals surface area (Å²) in [5, 5.41) is 0. The van der Waals surface area contributed by atoms with Crippen molar-refractivity contribution in [2.45, 2.75) is 26.4 Å². The zero-order chi connectivity index (χ0) is 13.1. The van der Waals surface area contributed by atoms with E-state index < -0.39 is 0 Å². The molecule has 0 radical (unpaired) electrons. The lowest BCUT2D eigenvalue weighted by molar-refractivity contribution is -0.663. The van der Waals surface area contributed by atoms with Gasteiger partial charge in [-0.2, -0.15) is 0 Å². The maximum atomic E-state index is 2.35. The van der Waals surface area contributed by atoms with Crippen LogP contribution in [0.4, 0.5) is 0 Å². The molecule has 0 aliphatic heterocycles. The van der Waals surface area contributed by atoms with Crippen LogP contribution < -0.4 is 21.5 Å². The van der Waals surface area contributed by atoms with Gasteiger partial charge in [-0.15, -0.1) is 0 Å². The van der Waals surface area contributed by atoms with Crippen LogP contribution in [0.2, 0.25) is 0 Å². The summed E-state index contributed by atoms with van der Waals surface area (Å²) in [5.41, 5.74) is 3.96. The largest absolute Gasteiger partial charge is 1.00 e. The lowest BCUT2D eigenvalue weighted by Gasteiger charge is -1.97. The summed E-state index contributed by atoms with van der Waals surface area (Å²) in [4.78, 5) is 0. The van der Waals surface area contributed by atoms with E-state index >= 15 is 0 Å². The number of aryl methyl sites for hydroxylation is 1. The van der Waals surface area contributed by atoms with Crippen LogP contribution >= 0.6 is 0 Å². The van der Waals surface area contributed by atoms with E-state index in [0.29, 0.717) is 0 Å². The van der Waals surface area contributed by atoms with E-state index in [1.807, 2.05) is 0 Å². The topological polar surface area (TPSA) is 8.81 Å². The third kappa shape index (κ3) is 2.93. The molecule has 1 heterocycles. The van der Waals surface area contributed by atoms with Crippen LogP contribution in [0.5, 0.6) is 0 Å². The molecule has 2 nitrogen and oxygen atoms in total. The number of para-hydroxylation sites is 2. The van der Waals surface area contributed by atoms with Crippen molar-refractivity contribution in [2.24, 2.45) is 0 Å². The standard InChI is InChI=1S/C17H19N2.BrH/c1-2-12-18-14-19(13-15-8-4-3-5-9-15)17-11-7-6-10-16(17)18;/h3-11,14H,2,12-13H2,1H3;1H/q+1;/p-1. The highest BCUT2D eigenvalue weighted by atomic mass is 79.9. The van der Waals surface area contributed by atoms with Crippen molar-refractivity contribution in [2.75, 3.05) is 0 Å². The van der Waals surface area contributed by atoms with Crippen LogP contribution in [0.15, 0.2) is 60.9 Å². The van der Waals surface area contributed by atoms with E-state index in [9.17, 15) is 0 Å². The van der Waals surface area contributed by atoms with Gasteiger partial charge in [0.05, 0.1) is 6.54 Å². The summed E-state index contributed by atoms with van der Waals surface area (Å²) in [7, 11) is 0.